The Balaban J connectivity index is 2.77. The fourth-order valence-electron chi connectivity index (χ4n) is 1.90. The van der Waals surface area contributed by atoms with Crippen molar-refractivity contribution in [3.63, 3.8) is 0 Å². The van der Waals surface area contributed by atoms with Crippen LogP contribution in [0.15, 0.2) is 24.3 Å². The molecule has 106 valence electrons. The van der Waals surface area contributed by atoms with Crippen molar-refractivity contribution in [1.29, 1.82) is 0 Å². The normalized spacial score (nSPS) is 14.2. The summed E-state index contributed by atoms with van der Waals surface area (Å²) in [5.74, 6) is -0.347. The molecule has 0 radical (unpaired) electrons. The maximum Gasteiger partial charge on any atom is 0.227 e. The van der Waals surface area contributed by atoms with Gasteiger partial charge in [-0.3, -0.25) is 4.79 Å². The van der Waals surface area contributed by atoms with E-state index in [9.17, 15) is 9.90 Å². The van der Waals surface area contributed by atoms with Crippen LogP contribution in [0.25, 0.3) is 0 Å². The van der Waals surface area contributed by atoms with E-state index in [1.54, 1.807) is 12.1 Å². The lowest BCUT2D eigenvalue weighted by atomic mass is 9.87. The van der Waals surface area contributed by atoms with Gasteiger partial charge in [-0.15, -0.1) is 0 Å². The van der Waals surface area contributed by atoms with Crippen LogP contribution < -0.4 is 5.32 Å². The number of hydrogen-bond acceptors (Lipinski definition) is 3. The van der Waals surface area contributed by atoms with Crippen molar-refractivity contribution in [2.45, 2.75) is 25.9 Å². The highest BCUT2D eigenvalue weighted by Gasteiger charge is 2.24. The van der Waals surface area contributed by atoms with Crippen LogP contribution >= 0.6 is 11.6 Å². The molecule has 1 aromatic carbocycles. The first-order chi connectivity index (χ1) is 8.95. The second-order valence-electron chi connectivity index (χ2n) is 4.85. The molecule has 0 heterocycles. The summed E-state index contributed by atoms with van der Waals surface area (Å²) in [5, 5.41) is 21.3. The van der Waals surface area contributed by atoms with E-state index in [4.69, 9.17) is 16.7 Å². The Morgan fingerprint density at radius 3 is 2.37 bits per heavy atom. The third-order valence-corrected chi connectivity index (χ3v) is 3.15. The zero-order valence-electron chi connectivity index (χ0n) is 11.1. The van der Waals surface area contributed by atoms with Gasteiger partial charge in [-0.2, -0.15) is 0 Å². The lowest BCUT2D eigenvalue weighted by molar-refractivity contribution is -0.124. The number of aliphatic hydroxyl groups excluding tert-OH is 2. The van der Waals surface area contributed by atoms with E-state index in [2.05, 4.69) is 5.32 Å². The molecule has 0 aliphatic heterocycles. The summed E-state index contributed by atoms with van der Waals surface area (Å²) >= 11 is 5.84. The maximum atomic E-state index is 12.2. The van der Waals surface area contributed by atoms with Gasteiger partial charge in [-0.25, -0.2) is 0 Å². The van der Waals surface area contributed by atoms with Crippen molar-refractivity contribution in [3.05, 3.63) is 34.9 Å². The molecule has 0 aliphatic carbocycles. The molecule has 2 unspecified atom stereocenters. The van der Waals surface area contributed by atoms with Gasteiger partial charge in [0.15, 0.2) is 0 Å². The van der Waals surface area contributed by atoms with Gasteiger partial charge in [0.05, 0.1) is 18.6 Å². The van der Waals surface area contributed by atoms with Crippen molar-refractivity contribution in [2.75, 3.05) is 13.2 Å². The van der Waals surface area contributed by atoms with Crippen LogP contribution in [-0.2, 0) is 4.79 Å². The van der Waals surface area contributed by atoms with E-state index in [1.807, 2.05) is 26.0 Å². The first-order valence-corrected chi connectivity index (χ1v) is 6.65. The van der Waals surface area contributed by atoms with Gasteiger partial charge >= 0.3 is 0 Å². The first kappa shape index (κ1) is 16.0. The van der Waals surface area contributed by atoms with Gasteiger partial charge in [-0.05, 0) is 23.6 Å². The molecular formula is C14H20ClNO3. The summed E-state index contributed by atoms with van der Waals surface area (Å²) in [4.78, 5) is 12.2. The Hall–Kier alpha value is -1.10. The fraction of sp³-hybridized carbons (Fsp3) is 0.500. The predicted molar refractivity (Wildman–Crippen MR) is 75.1 cm³/mol. The second kappa shape index (κ2) is 7.48. The van der Waals surface area contributed by atoms with E-state index < -0.39 is 6.10 Å². The van der Waals surface area contributed by atoms with Gasteiger partial charge in [0.2, 0.25) is 5.91 Å². The van der Waals surface area contributed by atoms with Gasteiger partial charge in [-0.1, -0.05) is 37.6 Å². The minimum atomic E-state index is -0.929. The number of amides is 1. The van der Waals surface area contributed by atoms with E-state index in [1.165, 1.54) is 0 Å². The van der Waals surface area contributed by atoms with Gasteiger partial charge in [0.25, 0.3) is 0 Å². The Kier molecular flexibility index (Phi) is 6.28. The average molecular weight is 286 g/mol. The Bertz CT molecular complexity index is 406. The van der Waals surface area contributed by atoms with E-state index in [-0.39, 0.29) is 30.9 Å². The van der Waals surface area contributed by atoms with Crippen LogP contribution in [0.1, 0.15) is 25.3 Å². The Labute approximate surface area is 118 Å². The average Bonchev–Trinajstić information content (AvgIpc) is 2.38. The summed E-state index contributed by atoms with van der Waals surface area (Å²) < 4.78 is 0. The SMILES string of the molecule is CC(C)C(C(=O)NCC(O)CO)c1ccc(Cl)cc1. The highest BCUT2D eigenvalue weighted by atomic mass is 35.5. The predicted octanol–water partition coefficient (Wildman–Crippen LogP) is 1.55. The van der Waals surface area contributed by atoms with Gasteiger partial charge in [0.1, 0.15) is 0 Å². The van der Waals surface area contributed by atoms with Crippen LogP contribution in [0, 0.1) is 5.92 Å². The van der Waals surface area contributed by atoms with Gasteiger partial charge in [0, 0.05) is 11.6 Å². The van der Waals surface area contributed by atoms with Crippen molar-refractivity contribution in [3.8, 4) is 0 Å². The molecule has 0 fully saturated rings. The van der Waals surface area contributed by atoms with Crippen LogP contribution in [0.2, 0.25) is 5.02 Å². The van der Waals surface area contributed by atoms with E-state index in [0.717, 1.165) is 5.56 Å². The molecule has 0 spiro atoms. The minimum absolute atomic E-state index is 0.0478. The number of nitrogens with one attached hydrogen (secondary N) is 1. The number of hydrogen-bond donors (Lipinski definition) is 3. The lowest BCUT2D eigenvalue weighted by Gasteiger charge is -2.21. The largest absolute Gasteiger partial charge is 0.394 e. The van der Waals surface area contributed by atoms with E-state index in [0.29, 0.717) is 5.02 Å². The van der Waals surface area contributed by atoms with Crippen LogP contribution in [0.3, 0.4) is 0 Å². The van der Waals surface area contributed by atoms with Crippen molar-refractivity contribution >= 4 is 17.5 Å². The highest BCUT2D eigenvalue weighted by Crippen LogP contribution is 2.25. The topological polar surface area (TPSA) is 69.6 Å². The molecule has 4 nitrogen and oxygen atoms in total. The molecule has 3 N–H and O–H groups in total. The lowest BCUT2D eigenvalue weighted by Crippen LogP contribution is -2.38. The van der Waals surface area contributed by atoms with Crippen LogP contribution in [0.5, 0.6) is 0 Å². The number of carbonyl (C=O) groups is 1. The van der Waals surface area contributed by atoms with E-state index >= 15 is 0 Å². The molecule has 0 bridgehead atoms. The number of benzene rings is 1. The molecule has 19 heavy (non-hydrogen) atoms. The summed E-state index contributed by atoms with van der Waals surface area (Å²) in [7, 11) is 0. The molecule has 0 aromatic heterocycles. The fourth-order valence-corrected chi connectivity index (χ4v) is 2.03. The minimum Gasteiger partial charge on any atom is -0.394 e. The molecule has 1 rings (SSSR count). The number of halogens is 1. The first-order valence-electron chi connectivity index (χ1n) is 6.27. The number of aliphatic hydroxyl groups is 2. The second-order valence-corrected chi connectivity index (χ2v) is 5.29. The molecule has 0 aliphatic rings. The van der Waals surface area contributed by atoms with Crippen molar-refractivity contribution in [1.82, 2.24) is 5.32 Å². The summed E-state index contributed by atoms with van der Waals surface area (Å²) in [6.45, 7) is 3.60. The van der Waals surface area contributed by atoms with Gasteiger partial charge < -0.3 is 15.5 Å². The summed E-state index contributed by atoms with van der Waals surface area (Å²) in [6.07, 6.45) is -0.929. The quantitative estimate of drug-likeness (QED) is 0.743. The molecule has 0 saturated heterocycles. The monoisotopic (exact) mass is 285 g/mol. The molecule has 1 amide bonds. The number of carbonyl (C=O) groups excluding carboxylic acids is 1. The Morgan fingerprint density at radius 2 is 1.89 bits per heavy atom. The third-order valence-electron chi connectivity index (χ3n) is 2.90. The van der Waals surface area contributed by atoms with Crippen molar-refractivity contribution < 1.29 is 15.0 Å². The Morgan fingerprint density at radius 1 is 1.32 bits per heavy atom. The molecule has 1 aromatic rings. The molecular weight excluding hydrogens is 266 g/mol. The van der Waals surface area contributed by atoms with Crippen molar-refractivity contribution in [2.24, 2.45) is 5.92 Å². The van der Waals surface area contributed by atoms with Crippen LogP contribution in [-0.4, -0.2) is 35.4 Å². The zero-order valence-corrected chi connectivity index (χ0v) is 11.9. The van der Waals surface area contributed by atoms with Crippen LogP contribution in [0.4, 0.5) is 0 Å². The number of rotatable bonds is 6. The zero-order chi connectivity index (χ0) is 14.4. The maximum absolute atomic E-state index is 12.2. The standard InChI is InChI=1S/C14H20ClNO3/c1-9(2)13(10-3-5-11(15)6-4-10)14(19)16-7-12(18)8-17/h3-6,9,12-13,17-18H,7-8H2,1-2H3,(H,16,19). The molecule has 2 atom stereocenters. The molecule has 5 heteroatoms. The molecule has 0 saturated carbocycles. The smallest absolute Gasteiger partial charge is 0.227 e. The highest BCUT2D eigenvalue weighted by molar-refractivity contribution is 6.30. The third kappa shape index (κ3) is 4.82. The summed E-state index contributed by atoms with van der Waals surface area (Å²) in [6, 6.07) is 7.16. The summed E-state index contributed by atoms with van der Waals surface area (Å²) in [5.41, 5.74) is 0.885.